The molecule has 206 valence electrons. The topological polar surface area (TPSA) is 47.5 Å². The lowest BCUT2D eigenvalue weighted by atomic mass is 9.79. The van der Waals surface area contributed by atoms with E-state index in [0.29, 0.717) is 13.2 Å². The van der Waals surface area contributed by atoms with Gasteiger partial charge in [-0.05, 0) is 48.9 Å². The second-order valence-electron chi connectivity index (χ2n) is 10.7. The highest BCUT2D eigenvalue weighted by molar-refractivity contribution is 5.47. The normalized spacial score (nSPS) is 21.0. The summed E-state index contributed by atoms with van der Waals surface area (Å²) in [4.78, 5) is 10.2. The van der Waals surface area contributed by atoms with Gasteiger partial charge < -0.3 is 9.47 Å². The maximum atomic E-state index is 13.1. The molecular formula is C33H33F2N3O2. The Kier molecular flexibility index (Phi) is 7.59. The van der Waals surface area contributed by atoms with Gasteiger partial charge in [-0.2, -0.15) is 0 Å². The summed E-state index contributed by atoms with van der Waals surface area (Å²) in [5, 5.41) is 0. The minimum Gasteiger partial charge on any atom is -0.476 e. The summed E-state index contributed by atoms with van der Waals surface area (Å²) in [5.74, 6) is 0.189. The van der Waals surface area contributed by atoms with Crippen LogP contribution in [-0.2, 0) is 10.3 Å². The van der Waals surface area contributed by atoms with Crippen LogP contribution in [0.4, 0.5) is 8.78 Å². The molecule has 40 heavy (non-hydrogen) atoms. The van der Waals surface area contributed by atoms with Crippen LogP contribution in [0.15, 0.2) is 103 Å². The summed E-state index contributed by atoms with van der Waals surface area (Å²) in [5.41, 5.74) is 2.06. The van der Waals surface area contributed by atoms with Gasteiger partial charge in [-0.3, -0.25) is 4.90 Å². The van der Waals surface area contributed by atoms with Crippen molar-refractivity contribution in [2.45, 2.75) is 49.3 Å². The summed E-state index contributed by atoms with van der Waals surface area (Å²) < 4.78 is 39.4. The van der Waals surface area contributed by atoms with Gasteiger partial charge in [0.2, 0.25) is 5.88 Å². The molecule has 0 saturated carbocycles. The summed E-state index contributed by atoms with van der Waals surface area (Å²) in [6.07, 6.45) is 2.54. The molecule has 1 aromatic heterocycles. The van der Waals surface area contributed by atoms with Gasteiger partial charge in [-0.1, -0.05) is 91.0 Å². The van der Waals surface area contributed by atoms with E-state index >= 15 is 0 Å². The van der Waals surface area contributed by atoms with Gasteiger partial charge in [0.15, 0.2) is 0 Å². The van der Waals surface area contributed by atoms with E-state index in [2.05, 4.69) is 87.7 Å². The van der Waals surface area contributed by atoms with Crippen LogP contribution < -0.4 is 4.74 Å². The first-order valence-electron chi connectivity index (χ1n) is 13.9. The number of alkyl halides is 2. The molecule has 3 aromatic carbocycles. The molecule has 7 heteroatoms. The van der Waals surface area contributed by atoms with Crippen LogP contribution in [0.3, 0.4) is 0 Å². The highest BCUT2D eigenvalue weighted by Gasteiger charge is 2.51. The Morgan fingerprint density at radius 2 is 1.45 bits per heavy atom. The molecule has 0 radical (unpaired) electrons. The van der Waals surface area contributed by atoms with Crippen LogP contribution in [0.1, 0.15) is 54.5 Å². The van der Waals surface area contributed by atoms with E-state index in [4.69, 9.17) is 9.47 Å². The Balaban J connectivity index is 1.28. The molecule has 5 nitrogen and oxygen atoms in total. The third kappa shape index (κ3) is 5.00. The largest absolute Gasteiger partial charge is 0.476 e. The summed E-state index contributed by atoms with van der Waals surface area (Å²) in [7, 11) is 0. The van der Waals surface area contributed by atoms with Gasteiger partial charge in [0.1, 0.15) is 24.2 Å². The van der Waals surface area contributed by atoms with Crippen molar-refractivity contribution in [3.8, 4) is 5.88 Å². The van der Waals surface area contributed by atoms with Crippen LogP contribution in [0.2, 0.25) is 0 Å². The Hall–Kier alpha value is -3.68. The Morgan fingerprint density at radius 1 is 0.850 bits per heavy atom. The van der Waals surface area contributed by atoms with Crippen LogP contribution in [0.5, 0.6) is 5.88 Å². The SMILES string of the molecule is FC(F)c1cc(OC[C@@H]2CC[C@]3(COC(c4ccccc4)(c4ccccc4)c4ccccc4)CCCN23)ncn1. The van der Waals surface area contributed by atoms with E-state index in [0.717, 1.165) is 55.2 Å². The van der Waals surface area contributed by atoms with Crippen molar-refractivity contribution in [3.63, 3.8) is 0 Å². The van der Waals surface area contributed by atoms with Crippen molar-refractivity contribution < 1.29 is 18.3 Å². The molecule has 0 bridgehead atoms. The second-order valence-corrected chi connectivity index (χ2v) is 10.7. The third-order valence-electron chi connectivity index (χ3n) is 8.44. The van der Waals surface area contributed by atoms with Gasteiger partial charge >= 0.3 is 0 Å². The quantitative estimate of drug-likeness (QED) is 0.207. The van der Waals surface area contributed by atoms with Crippen LogP contribution in [0, 0.1) is 0 Å². The Morgan fingerprint density at radius 3 is 2.02 bits per heavy atom. The fraction of sp³-hybridized carbons (Fsp3) is 0.333. The Bertz CT molecular complexity index is 1290. The van der Waals surface area contributed by atoms with Gasteiger partial charge in [0.05, 0.1) is 6.61 Å². The smallest absolute Gasteiger partial charge is 0.280 e. The molecule has 2 aliphatic heterocycles. The molecule has 2 atom stereocenters. The van der Waals surface area contributed by atoms with Crippen molar-refractivity contribution in [3.05, 3.63) is 126 Å². The minimum atomic E-state index is -2.65. The molecule has 3 heterocycles. The van der Waals surface area contributed by atoms with Crippen molar-refractivity contribution >= 4 is 0 Å². The first-order chi connectivity index (χ1) is 19.6. The number of fused-ring (bicyclic) bond motifs is 1. The van der Waals surface area contributed by atoms with E-state index in [1.807, 2.05) is 18.2 Å². The number of nitrogens with zero attached hydrogens (tertiary/aromatic N) is 3. The van der Waals surface area contributed by atoms with Crippen LogP contribution in [0.25, 0.3) is 0 Å². The fourth-order valence-corrected chi connectivity index (χ4v) is 6.53. The predicted molar refractivity (Wildman–Crippen MR) is 149 cm³/mol. The van der Waals surface area contributed by atoms with E-state index in [1.54, 1.807) is 0 Å². The summed E-state index contributed by atoms with van der Waals surface area (Å²) in [6.45, 7) is 1.91. The molecule has 0 spiro atoms. The standard InChI is InChI=1S/C33H33F2N3O2/c34-31(35)29-21-30(37-24-36-29)39-22-28-17-19-32(18-10-20-38(28)32)23-40-33(25-11-4-1-5-12-25,26-13-6-2-7-14-26)27-15-8-3-9-16-27/h1-9,11-16,21,24,28,31H,10,17-20,22-23H2/t28-,32-/m0/s1. The highest BCUT2D eigenvalue weighted by atomic mass is 19.3. The van der Waals surface area contributed by atoms with Crippen molar-refractivity contribution in [1.82, 2.24) is 14.9 Å². The molecule has 4 aromatic rings. The molecular weight excluding hydrogens is 508 g/mol. The number of halogens is 2. The van der Waals surface area contributed by atoms with Crippen molar-refractivity contribution in [2.75, 3.05) is 19.8 Å². The maximum absolute atomic E-state index is 13.1. The number of hydrogen-bond acceptors (Lipinski definition) is 5. The lowest BCUT2D eigenvalue weighted by molar-refractivity contribution is -0.0487. The number of benzene rings is 3. The third-order valence-corrected chi connectivity index (χ3v) is 8.44. The van der Waals surface area contributed by atoms with E-state index < -0.39 is 12.0 Å². The highest BCUT2D eigenvalue weighted by Crippen LogP contribution is 2.47. The van der Waals surface area contributed by atoms with Gasteiger partial charge in [0, 0.05) is 17.6 Å². The maximum Gasteiger partial charge on any atom is 0.280 e. The monoisotopic (exact) mass is 541 g/mol. The van der Waals surface area contributed by atoms with E-state index in [1.165, 1.54) is 6.07 Å². The molecule has 0 aliphatic carbocycles. The summed E-state index contributed by atoms with van der Waals surface area (Å²) >= 11 is 0. The average molecular weight is 542 g/mol. The lowest BCUT2D eigenvalue weighted by Gasteiger charge is -2.41. The molecule has 0 amide bonds. The zero-order valence-corrected chi connectivity index (χ0v) is 22.3. The number of hydrogen-bond donors (Lipinski definition) is 0. The fourth-order valence-electron chi connectivity index (χ4n) is 6.53. The minimum absolute atomic E-state index is 0.114. The van der Waals surface area contributed by atoms with Crippen molar-refractivity contribution in [1.29, 1.82) is 0 Å². The summed E-state index contributed by atoms with van der Waals surface area (Å²) in [6, 6.07) is 32.7. The molecule has 0 N–H and O–H groups in total. The number of rotatable bonds is 10. The van der Waals surface area contributed by atoms with Gasteiger partial charge in [0.25, 0.3) is 6.43 Å². The van der Waals surface area contributed by atoms with Crippen LogP contribution in [-0.4, -0.2) is 46.2 Å². The molecule has 6 rings (SSSR count). The number of aromatic nitrogens is 2. The average Bonchev–Trinajstić information content (AvgIpc) is 3.58. The first kappa shape index (κ1) is 26.5. The molecule has 2 aliphatic rings. The Labute approximate surface area is 233 Å². The van der Waals surface area contributed by atoms with Gasteiger partial charge in [-0.15, -0.1) is 0 Å². The van der Waals surface area contributed by atoms with Gasteiger partial charge in [-0.25, -0.2) is 18.7 Å². The molecule has 2 fully saturated rings. The zero-order valence-electron chi connectivity index (χ0n) is 22.3. The number of ether oxygens (including phenoxy) is 2. The molecule has 2 saturated heterocycles. The van der Waals surface area contributed by atoms with E-state index in [-0.39, 0.29) is 23.2 Å². The van der Waals surface area contributed by atoms with Crippen molar-refractivity contribution in [2.24, 2.45) is 0 Å². The lowest BCUT2D eigenvalue weighted by Crippen LogP contribution is -2.49. The second kappa shape index (κ2) is 11.4. The van der Waals surface area contributed by atoms with Crippen LogP contribution >= 0.6 is 0 Å². The van der Waals surface area contributed by atoms with E-state index in [9.17, 15) is 8.78 Å². The predicted octanol–water partition coefficient (Wildman–Crippen LogP) is 6.80. The molecule has 0 unspecified atom stereocenters. The first-order valence-corrected chi connectivity index (χ1v) is 13.9. The zero-order chi connectivity index (χ0) is 27.4.